The fraction of sp³-hybridized carbons (Fsp3) is 0.190. The molecule has 0 saturated heterocycles. The number of carbonyl (C=O) groups is 1. The first-order valence-corrected chi connectivity index (χ1v) is 8.53. The van der Waals surface area contributed by atoms with Gasteiger partial charge in [0.05, 0.1) is 28.5 Å². The summed E-state index contributed by atoms with van der Waals surface area (Å²) in [6, 6.07) is 17.9. The Balaban J connectivity index is 1.50. The van der Waals surface area contributed by atoms with Gasteiger partial charge in [0.2, 0.25) is 5.91 Å². The van der Waals surface area contributed by atoms with Crippen LogP contribution < -0.4 is 5.32 Å². The Morgan fingerprint density at radius 2 is 1.72 bits per heavy atom. The SMILES string of the molecule is O=C(/C=C/c1cnc2ccccc2n1)NC1(c2ccccc2)CCC1. The highest BCUT2D eigenvalue weighted by atomic mass is 16.1. The summed E-state index contributed by atoms with van der Waals surface area (Å²) in [5.41, 5.74) is 3.30. The molecule has 1 saturated carbocycles. The molecule has 4 heteroatoms. The van der Waals surface area contributed by atoms with Crippen LogP contribution in [0.1, 0.15) is 30.5 Å². The van der Waals surface area contributed by atoms with Crippen LogP contribution in [-0.2, 0) is 10.3 Å². The number of hydrogen-bond acceptors (Lipinski definition) is 3. The number of para-hydroxylation sites is 2. The largest absolute Gasteiger partial charge is 0.343 e. The van der Waals surface area contributed by atoms with Crippen LogP contribution in [0.4, 0.5) is 0 Å². The molecule has 1 N–H and O–H groups in total. The topological polar surface area (TPSA) is 54.9 Å². The first-order valence-electron chi connectivity index (χ1n) is 8.53. The molecule has 1 fully saturated rings. The van der Waals surface area contributed by atoms with Crippen molar-refractivity contribution in [2.45, 2.75) is 24.8 Å². The lowest BCUT2D eigenvalue weighted by atomic mass is 9.72. The van der Waals surface area contributed by atoms with Crippen molar-refractivity contribution in [1.29, 1.82) is 0 Å². The molecule has 1 amide bonds. The van der Waals surface area contributed by atoms with Gasteiger partial charge in [0.15, 0.2) is 0 Å². The molecule has 124 valence electrons. The van der Waals surface area contributed by atoms with Crippen molar-refractivity contribution in [3.8, 4) is 0 Å². The monoisotopic (exact) mass is 329 g/mol. The Morgan fingerprint density at radius 1 is 1.00 bits per heavy atom. The fourth-order valence-electron chi connectivity index (χ4n) is 3.26. The van der Waals surface area contributed by atoms with Gasteiger partial charge in [-0.25, -0.2) is 4.98 Å². The van der Waals surface area contributed by atoms with Gasteiger partial charge in [-0.1, -0.05) is 42.5 Å². The third kappa shape index (κ3) is 3.15. The fourth-order valence-corrected chi connectivity index (χ4v) is 3.26. The summed E-state index contributed by atoms with van der Waals surface area (Å²) in [4.78, 5) is 21.3. The van der Waals surface area contributed by atoms with Crippen LogP contribution in [0.5, 0.6) is 0 Å². The van der Waals surface area contributed by atoms with Crippen LogP contribution in [0.15, 0.2) is 66.9 Å². The molecule has 1 heterocycles. The summed E-state index contributed by atoms with van der Waals surface area (Å²) in [5, 5.41) is 3.18. The highest BCUT2D eigenvalue weighted by Crippen LogP contribution is 2.41. The number of aromatic nitrogens is 2. The molecule has 0 spiro atoms. The van der Waals surface area contributed by atoms with E-state index in [-0.39, 0.29) is 11.4 Å². The van der Waals surface area contributed by atoms with Gasteiger partial charge in [0.25, 0.3) is 0 Å². The minimum atomic E-state index is -0.224. The van der Waals surface area contributed by atoms with Gasteiger partial charge in [-0.05, 0) is 43.0 Å². The molecule has 0 radical (unpaired) electrons. The molecule has 0 bridgehead atoms. The Labute approximate surface area is 146 Å². The third-order valence-corrected chi connectivity index (χ3v) is 4.77. The van der Waals surface area contributed by atoms with Crippen molar-refractivity contribution in [3.05, 3.63) is 78.1 Å². The number of hydrogen-bond donors (Lipinski definition) is 1. The number of nitrogens with zero attached hydrogens (tertiary/aromatic N) is 2. The van der Waals surface area contributed by atoms with Gasteiger partial charge in [-0.3, -0.25) is 9.78 Å². The van der Waals surface area contributed by atoms with Crippen molar-refractivity contribution in [2.75, 3.05) is 0 Å². The molecule has 0 aliphatic heterocycles. The standard InChI is InChI=1S/C21H19N3O/c25-20(24-21(13-6-14-21)16-7-2-1-3-8-16)12-11-17-15-22-18-9-4-5-10-19(18)23-17/h1-5,7-12,15H,6,13-14H2,(H,24,25)/b12-11+. The molecular weight excluding hydrogens is 310 g/mol. The number of carbonyl (C=O) groups excluding carboxylic acids is 1. The van der Waals surface area contributed by atoms with Crippen molar-refractivity contribution < 1.29 is 4.79 Å². The van der Waals surface area contributed by atoms with Gasteiger partial charge in [-0.15, -0.1) is 0 Å². The maximum absolute atomic E-state index is 12.4. The van der Waals surface area contributed by atoms with E-state index < -0.39 is 0 Å². The summed E-state index contributed by atoms with van der Waals surface area (Å²) >= 11 is 0. The second-order valence-corrected chi connectivity index (χ2v) is 6.41. The van der Waals surface area contributed by atoms with E-state index in [2.05, 4.69) is 27.4 Å². The van der Waals surface area contributed by atoms with Gasteiger partial charge in [-0.2, -0.15) is 0 Å². The average Bonchev–Trinajstić information content (AvgIpc) is 2.63. The lowest BCUT2D eigenvalue weighted by Crippen LogP contribution is -2.50. The minimum absolute atomic E-state index is 0.0986. The maximum Gasteiger partial charge on any atom is 0.244 e. The maximum atomic E-state index is 12.4. The van der Waals surface area contributed by atoms with Crippen molar-refractivity contribution in [3.63, 3.8) is 0 Å². The second-order valence-electron chi connectivity index (χ2n) is 6.41. The van der Waals surface area contributed by atoms with E-state index in [1.54, 1.807) is 18.3 Å². The average molecular weight is 329 g/mol. The Bertz CT molecular complexity index is 930. The van der Waals surface area contributed by atoms with E-state index in [1.807, 2.05) is 42.5 Å². The molecule has 0 atom stereocenters. The first kappa shape index (κ1) is 15.5. The molecule has 4 rings (SSSR count). The molecule has 1 aliphatic rings. The zero-order valence-corrected chi connectivity index (χ0v) is 13.9. The number of rotatable bonds is 4. The molecular formula is C21H19N3O. The summed E-state index contributed by atoms with van der Waals surface area (Å²) in [7, 11) is 0. The van der Waals surface area contributed by atoms with Gasteiger partial charge in [0.1, 0.15) is 0 Å². The number of fused-ring (bicyclic) bond motifs is 1. The van der Waals surface area contributed by atoms with E-state index >= 15 is 0 Å². The summed E-state index contributed by atoms with van der Waals surface area (Å²) in [6.45, 7) is 0. The number of benzene rings is 2. The molecule has 1 aliphatic carbocycles. The Morgan fingerprint density at radius 3 is 2.44 bits per heavy atom. The van der Waals surface area contributed by atoms with Crippen molar-refractivity contribution in [2.24, 2.45) is 0 Å². The predicted molar refractivity (Wildman–Crippen MR) is 98.7 cm³/mol. The molecule has 4 nitrogen and oxygen atoms in total. The van der Waals surface area contributed by atoms with Gasteiger partial charge >= 0.3 is 0 Å². The van der Waals surface area contributed by atoms with Crippen LogP contribution in [0.2, 0.25) is 0 Å². The lowest BCUT2D eigenvalue weighted by molar-refractivity contribution is -0.119. The zero-order valence-electron chi connectivity index (χ0n) is 13.9. The highest BCUT2D eigenvalue weighted by molar-refractivity contribution is 5.92. The van der Waals surface area contributed by atoms with Crippen molar-refractivity contribution >= 4 is 23.0 Å². The lowest BCUT2D eigenvalue weighted by Gasteiger charge is -2.42. The molecule has 3 aromatic rings. The summed E-state index contributed by atoms with van der Waals surface area (Å²) in [5.74, 6) is -0.0986. The summed E-state index contributed by atoms with van der Waals surface area (Å²) in [6.07, 6.45) is 8.03. The quantitative estimate of drug-likeness (QED) is 0.740. The second kappa shape index (κ2) is 6.48. The smallest absolute Gasteiger partial charge is 0.244 e. The molecule has 1 aromatic heterocycles. The zero-order chi connectivity index (χ0) is 17.1. The van der Waals surface area contributed by atoms with Crippen LogP contribution in [0.25, 0.3) is 17.1 Å². The van der Waals surface area contributed by atoms with Crippen molar-refractivity contribution in [1.82, 2.24) is 15.3 Å². The van der Waals surface area contributed by atoms with Crippen LogP contribution >= 0.6 is 0 Å². The normalized spacial score (nSPS) is 15.8. The van der Waals surface area contributed by atoms with E-state index in [0.717, 1.165) is 30.3 Å². The van der Waals surface area contributed by atoms with Gasteiger partial charge < -0.3 is 5.32 Å². The van der Waals surface area contributed by atoms with E-state index in [1.165, 1.54) is 5.56 Å². The minimum Gasteiger partial charge on any atom is -0.343 e. The number of nitrogens with one attached hydrogen (secondary N) is 1. The predicted octanol–water partition coefficient (Wildman–Crippen LogP) is 3.84. The molecule has 0 unspecified atom stereocenters. The third-order valence-electron chi connectivity index (χ3n) is 4.77. The Kier molecular flexibility index (Phi) is 4.02. The highest BCUT2D eigenvalue weighted by Gasteiger charge is 2.39. The van der Waals surface area contributed by atoms with Gasteiger partial charge in [0, 0.05) is 6.08 Å². The van der Waals surface area contributed by atoms with E-state index in [0.29, 0.717) is 5.69 Å². The number of amides is 1. The Hall–Kier alpha value is -3.01. The summed E-state index contributed by atoms with van der Waals surface area (Å²) < 4.78 is 0. The van der Waals surface area contributed by atoms with Crippen LogP contribution in [0, 0.1) is 0 Å². The first-order chi connectivity index (χ1) is 12.3. The van der Waals surface area contributed by atoms with Crippen LogP contribution in [-0.4, -0.2) is 15.9 Å². The molecule has 25 heavy (non-hydrogen) atoms. The van der Waals surface area contributed by atoms with Crippen LogP contribution in [0.3, 0.4) is 0 Å². The molecule has 2 aromatic carbocycles. The van der Waals surface area contributed by atoms with E-state index in [9.17, 15) is 4.79 Å². The van der Waals surface area contributed by atoms with E-state index in [4.69, 9.17) is 0 Å².